The minimum atomic E-state index is -0.515. The van der Waals surface area contributed by atoms with Gasteiger partial charge in [-0.3, -0.25) is 0 Å². The van der Waals surface area contributed by atoms with Gasteiger partial charge in [0.1, 0.15) is 11.3 Å². The Morgan fingerprint density at radius 2 is 1.92 bits per heavy atom. The van der Waals surface area contributed by atoms with Crippen molar-refractivity contribution in [3.63, 3.8) is 0 Å². The predicted molar refractivity (Wildman–Crippen MR) is 100 cm³/mol. The lowest BCUT2D eigenvalue weighted by Crippen LogP contribution is -2.55. The van der Waals surface area contributed by atoms with Crippen LogP contribution >= 0.6 is 47.2 Å². The molecule has 0 bridgehead atoms. The van der Waals surface area contributed by atoms with Gasteiger partial charge in [0.05, 0.1) is 22.1 Å². The molecule has 0 saturated carbocycles. The van der Waals surface area contributed by atoms with Crippen LogP contribution in [0.25, 0.3) is 11.3 Å². The first-order chi connectivity index (χ1) is 11.4. The van der Waals surface area contributed by atoms with Crippen molar-refractivity contribution < 1.29 is 14.1 Å². The van der Waals surface area contributed by atoms with Crippen molar-refractivity contribution in [3.8, 4) is 11.3 Å². The van der Waals surface area contributed by atoms with Crippen molar-refractivity contribution in [3.05, 3.63) is 38.5 Å². The van der Waals surface area contributed by atoms with Crippen LogP contribution in [0.2, 0.25) is 15.1 Å². The number of hydrogen-bond donors (Lipinski definition) is 1. The SMILES string of the molecule is CCOC(=O)c1c(-c2c(Cl)cc(Cl)cc2Cl)noc1C1(C)CNC1.Cl. The molecule has 1 aliphatic heterocycles. The van der Waals surface area contributed by atoms with Gasteiger partial charge in [-0.05, 0) is 26.0 Å². The van der Waals surface area contributed by atoms with Gasteiger partial charge >= 0.3 is 5.97 Å². The third kappa shape index (κ3) is 3.62. The first-order valence-corrected chi connectivity index (χ1v) is 8.53. The van der Waals surface area contributed by atoms with Crippen molar-refractivity contribution in [1.29, 1.82) is 0 Å². The van der Waals surface area contributed by atoms with Crippen LogP contribution < -0.4 is 5.32 Å². The molecule has 0 aliphatic carbocycles. The Morgan fingerprint density at radius 3 is 2.40 bits per heavy atom. The van der Waals surface area contributed by atoms with Crippen molar-refractivity contribution in [2.24, 2.45) is 0 Å². The van der Waals surface area contributed by atoms with E-state index in [4.69, 9.17) is 44.1 Å². The molecular weight excluding hydrogens is 410 g/mol. The fourth-order valence-corrected chi connectivity index (χ4v) is 3.69. The molecule has 136 valence electrons. The van der Waals surface area contributed by atoms with Crippen LogP contribution in [0.4, 0.5) is 0 Å². The second-order valence-corrected chi connectivity index (χ2v) is 7.12. The summed E-state index contributed by atoms with van der Waals surface area (Å²) in [5.41, 5.74) is 0.588. The lowest BCUT2D eigenvalue weighted by molar-refractivity contribution is 0.0519. The third-order valence-electron chi connectivity index (χ3n) is 3.99. The molecule has 2 heterocycles. The number of esters is 1. The molecule has 2 aromatic rings. The summed E-state index contributed by atoms with van der Waals surface area (Å²) < 4.78 is 10.7. The Bertz CT molecular complexity index is 780. The molecule has 0 unspecified atom stereocenters. The summed E-state index contributed by atoms with van der Waals surface area (Å²) in [5.74, 6) is -0.0456. The van der Waals surface area contributed by atoms with E-state index in [1.54, 1.807) is 19.1 Å². The largest absolute Gasteiger partial charge is 0.462 e. The second-order valence-electron chi connectivity index (χ2n) is 5.86. The normalized spacial score (nSPS) is 15.2. The fourth-order valence-electron chi connectivity index (χ4n) is 2.69. The maximum absolute atomic E-state index is 12.5. The molecule has 1 aromatic heterocycles. The Labute approximate surface area is 166 Å². The first-order valence-electron chi connectivity index (χ1n) is 7.40. The quantitative estimate of drug-likeness (QED) is 0.715. The molecule has 1 aromatic carbocycles. The molecule has 9 heteroatoms. The van der Waals surface area contributed by atoms with E-state index in [0.29, 0.717) is 29.4 Å². The number of nitrogens with one attached hydrogen (secondary N) is 1. The Kier molecular flexibility index (Phi) is 6.28. The molecule has 0 amide bonds. The number of nitrogens with zero attached hydrogens (tertiary/aromatic N) is 1. The van der Waals surface area contributed by atoms with E-state index in [0.717, 1.165) is 0 Å². The van der Waals surface area contributed by atoms with Crippen LogP contribution in [0.5, 0.6) is 0 Å². The van der Waals surface area contributed by atoms with E-state index in [1.165, 1.54) is 0 Å². The van der Waals surface area contributed by atoms with Crippen molar-refractivity contribution in [2.45, 2.75) is 19.3 Å². The Balaban J connectivity index is 0.00000225. The van der Waals surface area contributed by atoms with Crippen LogP contribution in [-0.2, 0) is 10.2 Å². The van der Waals surface area contributed by atoms with Gasteiger partial charge < -0.3 is 14.6 Å². The number of rotatable bonds is 4. The number of carbonyl (C=O) groups excluding carboxylic acids is 1. The molecule has 0 atom stereocenters. The summed E-state index contributed by atoms with van der Waals surface area (Å²) >= 11 is 18.5. The molecular formula is C16H16Cl4N2O3. The summed E-state index contributed by atoms with van der Waals surface area (Å²) in [7, 11) is 0. The van der Waals surface area contributed by atoms with E-state index in [9.17, 15) is 4.79 Å². The molecule has 25 heavy (non-hydrogen) atoms. The van der Waals surface area contributed by atoms with E-state index in [-0.39, 0.29) is 45.7 Å². The lowest BCUT2D eigenvalue weighted by Gasteiger charge is -2.37. The minimum absolute atomic E-state index is 0. The zero-order chi connectivity index (χ0) is 17.5. The molecule has 0 spiro atoms. The van der Waals surface area contributed by atoms with Crippen LogP contribution in [0.1, 0.15) is 30.0 Å². The topological polar surface area (TPSA) is 64.4 Å². The van der Waals surface area contributed by atoms with E-state index in [2.05, 4.69) is 10.5 Å². The molecule has 1 N–H and O–H groups in total. The summed E-state index contributed by atoms with van der Waals surface area (Å²) in [6.45, 7) is 5.31. The van der Waals surface area contributed by atoms with Gasteiger partial charge in [0.25, 0.3) is 0 Å². The fraction of sp³-hybridized carbons (Fsp3) is 0.375. The zero-order valence-electron chi connectivity index (χ0n) is 13.5. The number of hydrogen-bond acceptors (Lipinski definition) is 5. The second kappa shape index (κ2) is 7.72. The Morgan fingerprint density at radius 1 is 1.32 bits per heavy atom. The van der Waals surface area contributed by atoms with E-state index in [1.807, 2.05) is 6.92 Å². The van der Waals surface area contributed by atoms with Gasteiger partial charge in [-0.2, -0.15) is 0 Å². The highest BCUT2D eigenvalue weighted by Crippen LogP contribution is 2.42. The van der Waals surface area contributed by atoms with Gasteiger partial charge in [-0.1, -0.05) is 40.0 Å². The third-order valence-corrected chi connectivity index (χ3v) is 4.81. The number of aromatic nitrogens is 1. The predicted octanol–water partition coefficient (Wildman–Crippen LogP) is 4.76. The maximum Gasteiger partial charge on any atom is 0.344 e. The highest BCUT2D eigenvalue weighted by Gasteiger charge is 2.43. The van der Waals surface area contributed by atoms with Crippen molar-refractivity contribution >= 4 is 53.2 Å². The van der Waals surface area contributed by atoms with Gasteiger partial charge in [0, 0.05) is 23.7 Å². The highest BCUT2D eigenvalue weighted by atomic mass is 35.5. The molecule has 0 radical (unpaired) electrons. The van der Waals surface area contributed by atoms with E-state index < -0.39 is 5.97 Å². The first kappa shape index (κ1) is 20.3. The maximum atomic E-state index is 12.5. The number of benzene rings is 1. The summed E-state index contributed by atoms with van der Waals surface area (Å²) in [5, 5.41) is 8.21. The monoisotopic (exact) mass is 424 g/mol. The molecule has 3 rings (SSSR count). The highest BCUT2D eigenvalue weighted by molar-refractivity contribution is 6.42. The van der Waals surface area contributed by atoms with Crippen LogP contribution in [0, 0.1) is 0 Å². The van der Waals surface area contributed by atoms with Crippen molar-refractivity contribution in [1.82, 2.24) is 10.5 Å². The number of halogens is 4. The average molecular weight is 426 g/mol. The average Bonchev–Trinajstić information content (AvgIpc) is 2.89. The zero-order valence-corrected chi connectivity index (χ0v) is 16.6. The van der Waals surface area contributed by atoms with Gasteiger partial charge in [-0.15, -0.1) is 12.4 Å². The molecule has 1 fully saturated rings. The van der Waals surface area contributed by atoms with Crippen molar-refractivity contribution in [2.75, 3.05) is 19.7 Å². The smallest absolute Gasteiger partial charge is 0.344 e. The summed E-state index contributed by atoms with van der Waals surface area (Å²) in [6, 6.07) is 3.08. The molecule has 1 saturated heterocycles. The van der Waals surface area contributed by atoms with Gasteiger partial charge in [0.2, 0.25) is 0 Å². The number of ether oxygens (including phenoxy) is 1. The standard InChI is InChI=1S/C16H15Cl3N2O3.ClH/c1-3-23-15(22)12-13(11-9(18)4-8(17)5-10(11)19)21-24-14(12)16(2)6-20-7-16;/h4-5,20H,3,6-7H2,1-2H3;1H. The molecule has 1 aliphatic rings. The van der Waals surface area contributed by atoms with E-state index >= 15 is 0 Å². The number of carbonyl (C=O) groups is 1. The van der Waals surface area contributed by atoms with Crippen LogP contribution in [0.3, 0.4) is 0 Å². The Hall–Kier alpha value is -0.980. The van der Waals surface area contributed by atoms with Crippen LogP contribution in [-0.4, -0.2) is 30.8 Å². The minimum Gasteiger partial charge on any atom is -0.462 e. The van der Waals surface area contributed by atoms with Gasteiger partial charge in [-0.25, -0.2) is 4.79 Å². The molecule has 5 nitrogen and oxygen atoms in total. The van der Waals surface area contributed by atoms with Gasteiger partial charge in [0.15, 0.2) is 5.76 Å². The summed E-state index contributed by atoms with van der Waals surface area (Å²) in [4.78, 5) is 12.5. The van der Waals surface area contributed by atoms with Crippen LogP contribution in [0.15, 0.2) is 16.7 Å². The summed E-state index contributed by atoms with van der Waals surface area (Å²) in [6.07, 6.45) is 0. The lowest BCUT2D eigenvalue weighted by atomic mass is 9.79.